The lowest BCUT2D eigenvalue weighted by molar-refractivity contribution is 0.651. The summed E-state index contributed by atoms with van der Waals surface area (Å²) >= 11 is 0. The second-order valence-electron chi connectivity index (χ2n) is 15.0. The van der Waals surface area contributed by atoms with Crippen LogP contribution in [0.25, 0.3) is 121 Å². The molecule has 57 heavy (non-hydrogen) atoms. The lowest BCUT2D eigenvalue weighted by Gasteiger charge is -2.14. The Bertz CT molecular complexity index is 3830. The van der Waals surface area contributed by atoms with Gasteiger partial charge in [0.2, 0.25) is 11.7 Å². The van der Waals surface area contributed by atoms with Crippen molar-refractivity contribution in [1.29, 1.82) is 0 Å². The fourth-order valence-electron chi connectivity index (χ4n) is 9.38. The number of furan rings is 1. The molecule has 0 radical (unpaired) electrons. The Balaban J connectivity index is 1.14. The van der Waals surface area contributed by atoms with Gasteiger partial charge in [-0.2, -0.15) is 4.98 Å². The van der Waals surface area contributed by atoms with Gasteiger partial charge in [0.1, 0.15) is 5.58 Å². The summed E-state index contributed by atoms with van der Waals surface area (Å²) in [6.07, 6.45) is 0. The molecule has 0 aliphatic heterocycles. The van der Waals surface area contributed by atoms with E-state index >= 15 is 0 Å². The summed E-state index contributed by atoms with van der Waals surface area (Å²) in [5.74, 6) is 0.569. The maximum atomic E-state index is 6.54. The molecule has 0 saturated heterocycles. The minimum absolute atomic E-state index is 0.566. The number of hydrogen-bond donors (Lipinski definition) is 0. The van der Waals surface area contributed by atoms with Gasteiger partial charge in [-0.3, -0.25) is 4.57 Å². The highest BCUT2D eigenvalue weighted by Crippen LogP contribution is 2.43. The van der Waals surface area contributed by atoms with Crippen LogP contribution in [0.15, 0.2) is 186 Å². The van der Waals surface area contributed by atoms with Crippen LogP contribution in [0.2, 0.25) is 0 Å². The lowest BCUT2D eigenvalue weighted by atomic mass is 10.00. The standard InChI is InChI=1S/C52H30N4O/c1-2-14-32-27-34(26-25-31(32)13-1)50-49-40-21-9-12-24-48(40)57-51(49)54-52(53-50)56-44-23-11-8-20-39(44)42-29-46-41(30-47(42)56)38-19-7-10-22-43(38)55(46)45-28-33-15-3-4-16-35(33)36-17-5-6-18-37(36)45/h1-30H. The molecule has 0 atom stereocenters. The minimum Gasteiger partial charge on any atom is -0.437 e. The smallest absolute Gasteiger partial charge is 0.238 e. The quantitative estimate of drug-likeness (QED) is 0.170. The Morgan fingerprint density at radius 3 is 1.72 bits per heavy atom. The molecule has 0 N–H and O–H groups in total. The fraction of sp³-hybridized carbons (Fsp3) is 0. The van der Waals surface area contributed by atoms with E-state index in [0.29, 0.717) is 11.7 Å². The normalized spacial score (nSPS) is 12.2. The van der Waals surface area contributed by atoms with Crippen LogP contribution in [0.4, 0.5) is 0 Å². The van der Waals surface area contributed by atoms with Crippen molar-refractivity contribution >= 4 is 98.0 Å². The lowest BCUT2D eigenvalue weighted by Crippen LogP contribution is -2.03. The van der Waals surface area contributed by atoms with Crippen molar-refractivity contribution in [3.8, 4) is 22.9 Å². The Hall–Kier alpha value is -7.76. The van der Waals surface area contributed by atoms with Gasteiger partial charge in [0.15, 0.2) is 0 Å². The number of benzene rings is 9. The number of nitrogens with zero attached hydrogens (tertiary/aromatic N) is 4. The van der Waals surface area contributed by atoms with Gasteiger partial charge in [0.05, 0.1) is 38.8 Å². The molecule has 0 amide bonds. The van der Waals surface area contributed by atoms with Gasteiger partial charge >= 0.3 is 0 Å². The van der Waals surface area contributed by atoms with E-state index in [1.165, 1.54) is 37.7 Å². The summed E-state index contributed by atoms with van der Waals surface area (Å²) in [5, 5.41) is 13.8. The van der Waals surface area contributed by atoms with Gasteiger partial charge in [0.25, 0.3) is 0 Å². The molecule has 9 aromatic carbocycles. The zero-order valence-corrected chi connectivity index (χ0v) is 30.5. The van der Waals surface area contributed by atoms with Crippen LogP contribution in [0, 0.1) is 0 Å². The zero-order chi connectivity index (χ0) is 37.2. The second-order valence-corrected chi connectivity index (χ2v) is 15.0. The predicted molar refractivity (Wildman–Crippen MR) is 236 cm³/mol. The summed E-state index contributed by atoms with van der Waals surface area (Å²) in [4.78, 5) is 10.7. The molecular weight excluding hydrogens is 697 g/mol. The third kappa shape index (κ3) is 4.28. The Kier molecular flexibility index (Phi) is 6.10. The van der Waals surface area contributed by atoms with Crippen molar-refractivity contribution in [2.24, 2.45) is 0 Å². The number of aromatic nitrogens is 4. The number of rotatable bonds is 3. The molecule has 264 valence electrons. The van der Waals surface area contributed by atoms with Gasteiger partial charge in [-0.25, -0.2) is 4.98 Å². The second kappa shape index (κ2) is 11.4. The molecule has 5 nitrogen and oxygen atoms in total. The highest BCUT2D eigenvalue weighted by Gasteiger charge is 2.23. The van der Waals surface area contributed by atoms with E-state index in [4.69, 9.17) is 14.4 Å². The first-order valence-electron chi connectivity index (χ1n) is 19.3. The average Bonchev–Trinajstić information content (AvgIpc) is 3.92. The van der Waals surface area contributed by atoms with Crippen LogP contribution < -0.4 is 0 Å². The molecule has 0 aliphatic rings. The number of hydrogen-bond acceptors (Lipinski definition) is 3. The van der Waals surface area contributed by atoms with Crippen LogP contribution in [0.3, 0.4) is 0 Å². The molecule has 0 unspecified atom stereocenters. The molecule has 0 bridgehead atoms. The van der Waals surface area contributed by atoms with Crippen LogP contribution >= 0.6 is 0 Å². The SMILES string of the molecule is c1ccc2cc(-c3nc(-n4c5ccccc5c5cc6c(cc54)c4ccccc4n6-c4cc5ccccc5c5ccccc45)nc4oc5ccccc5c34)ccc2c1. The van der Waals surface area contributed by atoms with E-state index < -0.39 is 0 Å². The fourth-order valence-corrected chi connectivity index (χ4v) is 9.38. The van der Waals surface area contributed by atoms with E-state index in [9.17, 15) is 0 Å². The third-order valence-electron chi connectivity index (χ3n) is 11.9. The van der Waals surface area contributed by atoms with Crippen molar-refractivity contribution in [3.05, 3.63) is 182 Å². The van der Waals surface area contributed by atoms with Crippen molar-refractivity contribution in [3.63, 3.8) is 0 Å². The number of fused-ring (bicyclic) bond motifs is 13. The van der Waals surface area contributed by atoms with Crippen LogP contribution in [0.5, 0.6) is 0 Å². The molecule has 5 heteroatoms. The van der Waals surface area contributed by atoms with Crippen molar-refractivity contribution in [1.82, 2.24) is 19.1 Å². The van der Waals surface area contributed by atoms with Gasteiger partial charge in [-0.15, -0.1) is 0 Å². The average molecular weight is 727 g/mol. The van der Waals surface area contributed by atoms with Gasteiger partial charge in [0, 0.05) is 37.9 Å². The maximum absolute atomic E-state index is 6.54. The summed E-state index contributed by atoms with van der Waals surface area (Å²) in [6.45, 7) is 0. The van der Waals surface area contributed by atoms with Crippen LogP contribution in [0.1, 0.15) is 0 Å². The molecule has 4 aromatic heterocycles. The van der Waals surface area contributed by atoms with E-state index in [0.717, 1.165) is 71.5 Å². The molecule has 0 spiro atoms. The monoisotopic (exact) mass is 726 g/mol. The summed E-state index contributed by atoms with van der Waals surface area (Å²) in [5.41, 5.74) is 8.77. The van der Waals surface area contributed by atoms with E-state index in [1.54, 1.807) is 0 Å². The molecule has 0 saturated carbocycles. The van der Waals surface area contributed by atoms with E-state index in [2.05, 4.69) is 173 Å². The molecule has 13 aromatic rings. The summed E-state index contributed by atoms with van der Waals surface area (Å²) < 4.78 is 11.2. The van der Waals surface area contributed by atoms with Crippen molar-refractivity contribution in [2.75, 3.05) is 0 Å². The molecule has 0 aliphatic carbocycles. The van der Waals surface area contributed by atoms with Gasteiger partial charge in [-0.1, -0.05) is 140 Å². The first-order chi connectivity index (χ1) is 28.3. The first-order valence-corrected chi connectivity index (χ1v) is 19.3. The number of para-hydroxylation sites is 3. The summed E-state index contributed by atoms with van der Waals surface area (Å²) in [6, 6.07) is 65.1. The Morgan fingerprint density at radius 1 is 0.368 bits per heavy atom. The zero-order valence-electron chi connectivity index (χ0n) is 30.5. The van der Waals surface area contributed by atoms with Crippen LogP contribution in [-0.4, -0.2) is 19.1 Å². The minimum atomic E-state index is 0.566. The summed E-state index contributed by atoms with van der Waals surface area (Å²) in [7, 11) is 0. The predicted octanol–water partition coefficient (Wildman–Crippen LogP) is 13.7. The Morgan fingerprint density at radius 2 is 0.947 bits per heavy atom. The molecule has 0 fully saturated rings. The van der Waals surface area contributed by atoms with Crippen molar-refractivity contribution < 1.29 is 4.42 Å². The third-order valence-corrected chi connectivity index (χ3v) is 11.9. The molecule has 4 heterocycles. The van der Waals surface area contributed by atoms with Crippen molar-refractivity contribution in [2.45, 2.75) is 0 Å². The topological polar surface area (TPSA) is 48.8 Å². The van der Waals surface area contributed by atoms with E-state index in [1.807, 2.05) is 18.2 Å². The van der Waals surface area contributed by atoms with Gasteiger partial charge in [-0.05, 0) is 69.4 Å². The molecule has 13 rings (SSSR count). The van der Waals surface area contributed by atoms with Gasteiger partial charge < -0.3 is 8.98 Å². The highest BCUT2D eigenvalue weighted by atomic mass is 16.3. The highest BCUT2D eigenvalue weighted by molar-refractivity contribution is 6.21. The molecular formula is C52H30N4O. The van der Waals surface area contributed by atoms with E-state index in [-0.39, 0.29) is 0 Å². The first kappa shape index (κ1) is 30.6. The largest absolute Gasteiger partial charge is 0.437 e. The van der Waals surface area contributed by atoms with Crippen LogP contribution in [-0.2, 0) is 0 Å². The maximum Gasteiger partial charge on any atom is 0.238 e. The Labute approximate surface area is 325 Å².